The van der Waals surface area contributed by atoms with Gasteiger partial charge in [-0.05, 0) is 42.3 Å². The fraction of sp³-hybridized carbons (Fsp3) is 0.333. The Kier molecular flexibility index (Phi) is 5.86. The number of unbranched alkanes of at least 4 members (excludes halogenated alkanes) is 2. The summed E-state index contributed by atoms with van der Waals surface area (Å²) in [5.74, 6) is 2.49. The Morgan fingerprint density at radius 1 is 1.06 bits per heavy atom. The normalized spacial score (nSPS) is 13.5. The van der Waals surface area contributed by atoms with Crippen molar-refractivity contribution >= 4 is 50.8 Å². The second-order valence-electron chi connectivity index (χ2n) is 8.72. The van der Waals surface area contributed by atoms with Gasteiger partial charge in [-0.2, -0.15) is 4.57 Å². The van der Waals surface area contributed by atoms with E-state index in [0.29, 0.717) is 17.9 Å². The van der Waals surface area contributed by atoms with Crippen molar-refractivity contribution in [2.45, 2.75) is 45.6 Å². The van der Waals surface area contributed by atoms with Crippen molar-refractivity contribution in [3.63, 3.8) is 0 Å². The van der Waals surface area contributed by atoms with E-state index in [1.807, 2.05) is 6.07 Å². The first-order valence-electron chi connectivity index (χ1n) is 11.6. The van der Waals surface area contributed by atoms with Crippen molar-refractivity contribution in [1.29, 1.82) is 0 Å². The Morgan fingerprint density at radius 3 is 2.71 bits per heavy atom. The van der Waals surface area contributed by atoms with Gasteiger partial charge in [0.2, 0.25) is 12.3 Å². The van der Waals surface area contributed by atoms with Crippen molar-refractivity contribution in [2.24, 2.45) is 0 Å². The molecule has 0 saturated heterocycles. The highest BCUT2D eigenvalue weighted by molar-refractivity contribution is 6.17. The maximum atomic E-state index is 12.6. The van der Waals surface area contributed by atoms with E-state index in [9.17, 15) is 4.79 Å². The number of benzene rings is 3. The number of aryl methyl sites for hydroxylation is 2. The van der Waals surface area contributed by atoms with Crippen LogP contribution >= 0.6 is 12.4 Å². The standard InChI is InChI=1S/C27H26NO5.ClH/c1-3-4-5-6-23(29)33-27-20-14-28-12-11-16-13-22-26(32-15-31-22)19-8-7-18(25(28)24(16)19)17(20)9-10-21(27)30-2;/h7-10,13-14H,3-6,11-12,15H2,1-2H3;1H/q+1;. The predicted molar refractivity (Wildman–Crippen MR) is 133 cm³/mol. The van der Waals surface area contributed by atoms with Gasteiger partial charge in [0.15, 0.2) is 35.7 Å². The van der Waals surface area contributed by atoms with Gasteiger partial charge in [-0.3, -0.25) is 4.79 Å². The van der Waals surface area contributed by atoms with Gasteiger partial charge in [0, 0.05) is 23.6 Å². The molecule has 0 radical (unpaired) electrons. The molecule has 0 saturated carbocycles. The predicted octanol–water partition coefficient (Wildman–Crippen LogP) is 5.63. The van der Waals surface area contributed by atoms with Crippen molar-refractivity contribution in [3.05, 3.63) is 42.1 Å². The smallest absolute Gasteiger partial charge is 0.311 e. The van der Waals surface area contributed by atoms with Gasteiger partial charge >= 0.3 is 5.97 Å². The number of aromatic nitrogens is 1. The van der Waals surface area contributed by atoms with Gasteiger partial charge in [0.05, 0.1) is 23.3 Å². The number of esters is 1. The number of methoxy groups -OCH3 is 1. The molecule has 34 heavy (non-hydrogen) atoms. The minimum Gasteiger partial charge on any atom is -0.493 e. The van der Waals surface area contributed by atoms with E-state index < -0.39 is 0 Å². The molecule has 0 amide bonds. The largest absolute Gasteiger partial charge is 0.493 e. The topological polar surface area (TPSA) is 57.9 Å². The van der Waals surface area contributed by atoms with Crippen LogP contribution in [0.2, 0.25) is 0 Å². The molecule has 0 spiro atoms. The van der Waals surface area contributed by atoms with E-state index in [2.05, 4.69) is 42.0 Å². The second-order valence-corrected chi connectivity index (χ2v) is 8.72. The van der Waals surface area contributed by atoms with Crippen LogP contribution < -0.4 is 23.5 Å². The maximum absolute atomic E-state index is 12.6. The molecule has 3 heterocycles. The van der Waals surface area contributed by atoms with Crippen LogP contribution in [0.5, 0.6) is 23.0 Å². The first-order chi connectivity index (χ1) is 16.2. The van der Waals surface area contributed by atoms with Crippen molar-refractivity contribution in [1.82, 2.24) is 0 Å². The van der Waals surface area contributed by atoms with Crippen LogP contribution in [-0.2, 0) is 17.8 Å². The third-order valence-electron chi connectivity index (χ3n) is 6.76. The molecule has 3 aromatic carbocycles. The van der Waals surface area contributed by atoms with Crippen molar-refractivity contribution in [2.75, 3.05) is 13.9 Å². The van der Waals surface area contributed by atoms with Gasteiger partial charge in [-0.1, -0.05) is 19.8 Å². The van der Waals surface area contributed by atoms with Gasteiger partial charge in [-0.15, -0.1) is 12.4 Å². The number of hydrogen-bond donors (Lipinski definition) is 0. The molecule has 4 aromatic rings. The number of rotatable bonds is 6. The van der Waals surface area contributed by atoms with Crippen molar-refractivity contribution in [3.8, 4) is 23.0 Å². The summed E-state index contributed by atoms with van der Waals surface area (Å²) in [5.41, 5.74) is 2.44. The molecule has 176 valence electrons. The molecular formula is C27H27ClNO5+. The third kappa shape index (κ3) is 3.40. The highest BCUT2D eigenvalue weighted by atomic mass is 35.5. The van der Waals surface area contributed by atoms with Crippen LogP contribution in [0, 0.1) is 0 Å². The molecule has 1 aromatic heterocycles. The number of carbonyl (C=O) groups is 1. The lowest BCUT2D eigenvalue weighted by atomic mass is 9.93. The number of carbonyl (C=O) groups excluding carboxylic acids is 1. The molecule has 7 heteroatoms. The summed E-state index contributed by atoms with van der Waals surface area (Å²) in [4.78, 5) is 12.6. The van der Waals surface area contributed by atoms with E-state index in [0.717, 1.165) is 65.3 Å². The zero-order valence-corrected chi connectivity index (χ0v) is 20.1. The van der Waals surface area contributed by atoms with E-state index in [1.54, 1.807) is 7.11 Å². The average Bonchev–Trinajstić information content (AvgIpc) is 3.31. The number of pyridine rings is 1. The van der Waals surface area contributed by atoms with Crippen LogP contribution in [0.4, 0.5) is 0 Å². The van der Waals surface area contributed by atoms with Gasteiger partial charge in [0.25, 0.3) is 0 Å². The summed E-state index contributed by atoms with van der Waals surface area (Å²) in [7, 11) is 1.61. The highest BCUT2D eigenvalue weighted by Crippen LogP contribution is 2.46. The quantitative estimate of drug-likeness (QED) is 0.118. The number of ether oxygens (including phenoxy) is 4. The minimum atomic E-state index is -0.221. The van der Waals surface area contributed by atoms with Gasteiger partial charge in [-0.25, -0.2) is 0 Å². The highest BCUT2D eigenvalue weighted by Gasteiger charge is 2.30. The first kappa shape index (κ1) is 22.5. The lowest BCUT2D eigenvalue weighted by Gasteiger charge is -2.18. The van der Waals surface area contributed by atoms with Crippen LogP contribution in [-0.4, -0.2) is 19.9 Å². The van der Waals surface area contributed by atoms with E-state index in [1.165, 1.54) is 16.5 Å². The summed E-state index contributed by atoms with van der Waals surface area (Å²) in [6.07, 6.45) is 6.30. The lowest BCUT2D eigenvalue weighted by Crippen LogP contribution is -2.38. The Bertz CT molecular complexity index is 1450. The molecule has 0 N–H and O–H groups in total. The third-order valence-corrected chi connectivity index (χ3v) is 6.76. The molecule has 0 unspecified atom stereocenters. The van der Waals surface area contributed by atoms with Gasteiger partial charge in [0.1, 0.15) is 0 Å². The fourth-order valence-electron chi connectivity index (χ4n) is 5.19. The molecule has 2 aliphatic rings. The molecule has 2 aliphatic heterocycles. The molecule has 0 bridgehead atoms. The van der Waals surface area contributed by atoms with Gasteiger partial charge < -0.3 is 18.9 Å². The minimum absolute atomic E-state index is 0. The summed E-state index contributed by atoms with van der Waals surface area (Å²) < 4.78 is 25.2. The van der Waals surface area contributed by atoms with E-state index in [-0.39, 0.29) is 25.2 Å². The maximum Gasteiger partial charge on any atom is 0.311 e. The van der Waals surface area contributed by atoms with Crippen LogP contribution in [0.3, 0.4) is 0 Å². The first-order valence-corrected chi connectivity index (χ1v) is 11.6. The van der Waals surface area contributed by atoms with Crippen LogP contribution in [0.15, 0.2) is 36.5 Å². The van der Waals surface area contributed by atoms with E-state index in [4.69, 9.17) is 18.9 Å². The molecule has 0 fully saturated rings. The average molecular weight is 481 g/mol. The zero-order chi connectivity index (χ0) is 22.5. The monoisotopic (exact) mass is 480 g/mol. The Morgan fingerprint density at radius 2 is 1.88 bits per heavy atom. The van der Waals surface area contributed by atoms with Crippen LogP contribution in [0.1, 0.15) is 38.2 Å². The molecule has 6 rings (SSSR count). The van der Waals surface area contributed by atoms with Crippen LogP contribution in [0.25, 0.3) is 32.4 Å². The second kappa shape index (κ2) is 8.84. The molecule has 0 aliphatic carbocycles. The molecule has 6 nitrogen and oxygen atoms in total. The van der Waals surface area contributed by atoms with E-state index >= 15 is 0 Å². The summed E-state index contributed by atoms with van der Waals surface area (Å²) in [6.45, 7) is 3.21. The zero-order valence-electron chi connectivity index (χ0n) is 19.3. The summed E-state index contributed by atoms with van der Waals surface area (Å²) in [6, 6.07) is 10.3. The SMILES string of the molecule is CCCCCC(=O)Oc1c(OC)ccc2c1c[n+]1c3c2ccc2c4c(cc(c23)CC1)OCO4.Cl. The number of fused-ring (bicyclic) bond motifs is 4. The van der Waals surface area contributed by atoms with Crippen molar-refractivity contribution < 1.29 is 28.3 Å². The molecule has 0 atom stereocenters. The fourth-order valence-corrected chi connectivity index (χ4v) is 5.19. The number of hydrogen-bond acceptors (Lipinski definition) is 5. The Labute approximate surface area is 203 Å². The summed E-state index contributed by atoms with van der Waals surface area (Å²) in [5, 5.41) is 5.32. The number of halogens is 1. The molecular weight excluding hydrogens is 454 g/mol. The Hall–Kier alpha value is -3.25. The summed E-state index contributed by atoms with van der Waals surface area (Å²) >= 11 is 0. The number of nitrogens with zero attached hydrogens (tertiary/aromatic N) is 1. The Balaban J connectivity index is 0.00000241. The lowest BCUT2D eigenvalue weighted by molar-refractivity contribution is -0.670.